The van der Waals surface area contributed by atoms with E-state index in [0.29, 0.717) is 16.7 Å². The lowest BCUT2D eigenvalue weighted by molar-refractivity contribution is 0.590. The van der Waals surface area contributed by atoms with E-state index < -0.39 is 11.6 Å². The van der Waals surface area contributed by atoms with Gasteiger partial charge < -0.3 is 10.6 Å². The number of aryl methyl sites for hydroxylation is 1. The Morgan fingerprint density at radius 3 is 2.32 bits per heavy atom. The average molecular weight is 361 g/mol. The lowest BCUT2D eigenvalue weighted by Crippen LogP contribution is -2.05. The van der Waals surface area contributed by atoms with Crippen molar-refractivity contribution in [2.45, 2.75) is 13.8 Å². The first-order valence-corrected chi connectivity index (χ1v) is 7.90. The molecule has 1 heterocycles. The van der Waals surface area contributed by atoms with Crippen molar-refractivity contribution in [3.63, 3.8) is 0 Å². The molecule has 1 aromatic heterocycles. The number of nitrogens with one attached hydrogen (secondary N) is 2. The van der Waals surface area contributed by atoms with E-state index in [1.807, 2.05) is 13.0 Å². The Bertz CT molecular complexity index is 911. The van der Waals surface area contributed by atoms with Crippen molar-refractivity contribution in [3.05, 3.63) is 70.4 Å². The molecule has 0 radical (unpaired) electrons. The highest BCUT2D eigenvalue weighted by molar-refractivity contribution is 6.31. The van der Waals surface area contributed by atoms with Crippen LogP contribution >= 0.6 is 11.6 Å². The summed E-state index contributed by atoms with van der Waals surface area (Å²) < 4.78 is 27.6. The minimum Gasteiger partial charge on any atom is -0.335 e. The van der Waals surface area contributed by atoms with E-state index >= 15 is 0 Å². The molecule has 0 spiro atoms. The molecule has 3 aromatic rings. The first-order chi connectivity index (χ1) is 11.9. The molecule has 128 valence electrons. The van der Waals surface area contributed by atoms with Gasteiger partial charge in [0.2, 0.25) is 5.95 Å². The van der Waals surface area contributed by atoms with Gasteiger partial charge in [-0.15, -0.1) is 0 Å². The first-order valence-electron chi connectivity index (χ1n) is 7.53. The molecule has 0 saturated carbocycles. The lowest BCUT2D eigenvalue weighted by Gasteiger charge is -2.12. The SMILES string of the molecule is Cc1cc(Nc2c(F)cccc2F)nc(Nc2cccc(Cl)c2C)n1. The fourth-order valence-corrected chi connectivity index (χ4v) is 2.47. The van der Waals surface area contributed by atoms with Crippen LogP contribution in [0.1, 0.15) is 11.3 Å². The molecule has 0 aliphatic rings. The zero-order chi connectivity index (χ0) is 18.0. The smallest absolute Gasteiger partial charge is 0.229 e. The van der Waals surface area contributed by atoms with Crippen molar-refractivity contribution >= 4 is 34.7 Å². The van der Waals surface area contributed by atoms with Gasteiger partial charge in [0.25, 0.3) is 0 Å². The van der Waals surface area contributed by atoms with Gasteiger partial charge in [0.05, 0.1) is 0 Å². The summed E-state index contributed by atoms with van der Waals surface area (Å²) in [5, 5.41) is 6.36. The Balaban J connectivity index is 1.92. The fourth-order valence-electron chi connectivity index (χ4n) is 2.30. The molecule has 2 N–H and O–H groups in total. The molecule has 0 amide bonds. The van der Waals surface area contributed by atoms with Crippen molar-refractivity contribution in [3.8, 4) is 0 Å². The van der Waals surface area contributed by atoms with Gasteiger partial charge in [0.15, 0.2) is 0 Å². The Hall–Kier alpha value is -2.73. The number of para-hydroxylation sites is 1. The quantitative estimate of drug-likeness (QED) is 0.644. The summed E-state index contributed by atoms with van der Waals surface area (Å²) in [6.45, 7) is 3.63. The molecule has 0 saturated heterocycles. The predicted molar refractivity (Wildman–Crippen MR) is 95.9 cm³/mol. The number of halogens is 3. The minimum absolute atomic E-state index is 0.259. The van der Waals surface area contributed by atoms with E-state index in [2.05, 4.69) is 20.6 Å². The zero-order valence-corrected chi connectivity index (χ0v) is 14.3. The summed E-state index contributed by atoms with van der Waals surface area (Å²) in [4.78, 5) is 8.56. The molecule has 0 bridgehead atoms. The third-order valence-corrected chi connectivity index (χ3v) is 3.99. The Labute approximate surface area is 148 Å². The van der Waals surface area contributed by atoms with Crippen LogP contribution in [0.5, 0.6) is 0 Å². The number of hydrogen-bond acceptors (Lipinski definition) is 4. The van der Waals surface area contributed by atoms with Crippen molar-refractivity contribution in [2.75, 3.05) is 10.6 Å². The Morgan fingerprint density at radius 2 is 1.60 bits per heavy atom. The topological polar surface area (TPSA) is 49.8 Å². The molecule has 2 aromatic carbocycles. The van der Waals surface area contributed by atoms with Crippen LogP contribution in [0, 0.1) is 25.5 Å². The van der Waals surface area contributed by atoms with Crippen molar-refractivity contribution in [2.24, 2.45) is 0 Å². The monoisotopic (exact) mass is 360 g/mol. The van der Waals surface area contributed by atoms with Crippen LogP contribution in [-0.4, -0.2) is 9.97 Å². The summed E-state index contributed by atoms with van der Waals surface area (Å²) >= 11 is 6.11. The second-order valence-electron chi connectivity index (χ2n) is 5.48. The maximum Gasteiger partial charge on any atom is 0.229 e. The third kappa shape index (κ3) is 3.85. The van der Waals surface area contributed by atoms with Gasteiger partial charge in [-0.25, -0.2) is 13.8 Å². The molecule has 0 fully saturated rings. The first kappa shape index (κ1) is 17.1. The summed E-state index contributed by atoms with van der Waals surface area (Å²) in [5.41, 5.74) is 1.98. The summed E-state index contributed by atoms with van der Waals surface area (Å²) in [7, 11) is 0. The van der Waals surface area contributed by atoms with Crippen LogP contribution < -0.4 is 10.6 Å². The second-order valence-corrected chi connectivity index (χ2v) is 5.88. The molecule has 0 atom stereocenters. The maximum absolute atomic E-state index is 13.8. The van der Waals surface area contributed by atoms with Crippen LogP contribution in [0.25, 0.3) is 0 Å². The molecule has 0 aliphatic carbocycles. The van der Waals surface area contributed by atoms with Crippen LogP contribution in [0.3, 0.4) is 0 Å². The highest BCUT2D eigenvalue weighted by Gasteiger charge is 2.11. The van der Waals surface area contributed by atoms with Crippen LogP contribution in [0.2, 0.25) is 5.02 Å². The number of nitrogens with zero attached hydrogens (tertiary/aromatic N) is 2. The summed E-state index contributed by atoms with van der Waals surface area (Å²) in [6.07, 6.45) is 0. The number of benzene rings is 2. The van der Waals surface area contributed by atoms with E-state index in [0.717, 1.165) is 11.3 Å². The summed E-state index contributed by atoms with van der Waals surface area (Å²) in [6, 6.07) is 10.7. The number of anilines is 4. The highest BCUT2D eigenvalue weighted by atomic mass is 35.5. The summed E-state index contributed by atoms with van der Waals surface area (Å²) in [5.74, 6) is -0.823. The van der Waals surface area contributed by atoms with Gasteiger partial charge in [0, 0.05) is 22.5 Å². The van der Waals surface area contributed by atoms with Crippen molar-refractivity contribution in [1.29, 1.82) is 0 Å². The van der Waals surface area contributed by atoms with E-state index in [4.69, 9.17) is 11.6 Å². The van der Waals surface area contributed by atoms with Crippen molar-refractivity contribution < 1.29 is 8.78 Å². The Kier molecular flexibility index (Phi) is 4.81. The molecule has 3 rings (SSSR count). The van der Waals surface area contributed by atoms with Gasteiger partial charge in [-0.05, 0) is 43.7 Å². The standard InChI is InChI=1S/C18H15ClF2N4/c1-10-9-16(24-17-13(20)6-4-7-14(17)21)25-18(22-10)23-15-8-3-5-12(19)11(15)2/h3-9H,1-2H3,(H2,22,23,24,25). The third-order valence-electron chi connectivity index (χ3n) is 3.58. The van der Waals surface area contributed by atoms with Gasteiger partial charge in [0.1, 0.15) is 23.1 Å². The maximum atomic E-state index is 13.8. The molecule has 0 aliphatic heterocycles. The minimum atomic E-state index is -0.698. The largest absolute Gasteiger partial charge is 0.335 e. The van der Waals surface area contributed by atoms with E-state index in [-0.39, 0.29) is 11.5 Å². The average Bonchev–Trinajstić information content (AvgIpc) is 2.55. The normalized spacial score (nSPS) is 10.6. The molecular formula is C18H15ClF2N4. The van der Waals surface area contributed by atoms with Crippen LogP contribution in [0.15, 0.2) is 42.5 Å². The van der Waals surface area contributed by atoms with E-state index in [9.17, 15) is 8.78 Å². The molecular weight excluding hydrogens is 346 g/mol. The van der Waals surface area contributed by atoms with Gasteiger partial charge in [-0.1, -0.05) is 23.7 Å². The molecule has 0 unspecified atom stereocenters. The van der Waals surface area contributed by atoms with Crippen LogP contribution in [-0.2, 0) is 0 Å². The van der Waals surface area contributed by atoms with Gasteiger partial charge in [-0.2, -0.15) is 4.98 Å². The molecule has 7 heteroatoms. The van der Waals surface area contributed by atoms with Gasteiger partial charge in [-0.3, -0.25) is 0 Å². The lowest BCUT2D eigenvalue weighted by atomic mass is 10.2. The Morgan fingerprint density at radius 1 is 0.920 bits per heavy atom. The van der Waals surface area contributed by atoms with E-state index in [1.165, 1.54) is 18.2 Å². The highest BCUT2D eigenvalue weighted by Crippen LogP contribution is 2.27. The predicted octanol–water partition coefficient (Wildman–Crippen LogP) is 5.51. The number of hydrogen-bond donors (Lipinski definition) is 2. The number of rotatable bonds is 4. The van der Waals surface area contributed by atoms with Crippen molar-refractivity contribution in [1.82, 2.24) is 9.97 Å². The fraction of sp³-hybridized carbons (Fsp3) is 0.111. The molecule has 25 heavy (non-hydrogen) atoms. The molecule has 4 nitrogen and oxygen atoms in total. The number of aromatic nitrogens is 2. The van der Waals surface area contributed by atoms with Crippen LogP contribution in [0.4, 0.5) is 31.9 Å². The zero-order valence-electron chi connectivity index (χ0n) is 13.6. The van der Waals surface area contributed by atoms with E-state index in [1.54, 1.807) is 25.1 Å². The van der Waals surface area contributed by atoms with Gasteiger partial charge >= 0.3 is 0 Å². The second kappa shape index (κ2) is 7.03.